The third kappa shape index (κ3) is 1.73. The fraction of sp³-hybridized carbons (Fsp3) is 0.0769. The lowest BCUT2D eigenvalue weighted by molar-refractivity contribution is 0.110. The molecule has 1 aromatic heterocycles. The highest BCUT2D eigenvalue weighted by Crippen LogP contribution is 2.26. The normalized spacial score (nSPS) is 9.75. The Hall–Kier alpha value is -2.34. The second-order valence-corrected chi connectivity index (χ2v) is 3.48. The van der Waals surface area contributed by atoms with E-state index in [1.807, 2.05) is 19.1 Å². The standard InChI is InChI=1S/C13H9NO2/c1-9-2-3-10(7-14)12(6-9)13-5-4-11(8-15)16-13/h2-6,8H,1H3. The van der Waals surface area contributed by atoms with Gasteiger partial charge in [-0.05, 0) is 31.2 Å². The van der Waals surface area contributed by atoms with E-state index in [2.05, 4.69) is 6.07 Å². The predicted molar refractivity (Wildman–Crippen MR) is 59.0 cm³/mol. The Bertz CT molecular complexity index is 576. The second-order valence-electron chi connectivity index (χ2n) is 3.48. The third-order valence-corrected chi connectivity index (χ3v) is 2.30. The van der Waals surface area contributed by atoms with Crippen LogP contribution in [0.2, 0.25) is 0 Å². The molecule has 0 unspecified atom stereocenters. The van der Waals surface area contributed by atoms with Crippen molar-refractivity contribution in [3.05, 3.63) is 47.2 Å². The van der Waals surface area contributed by atoms with Gasteiger partial charge in [-0.2, -0.15) is 5.26 Å². The zero-order valence-electron chi connectivity index (χ0n) is 8.73. The maximum absolute atomic E-state index is 10.5. The number of furan rings is 1. The first-order chi connectivity index (χ1) is 7.74. The SMILES string of the molecule is Cc1ccc(C#N)c(-c2ccc(C=O)o2)c1. The number of hydrogen-bond acceptors (Lipinski definition) is 3. The Kier molecular flexibility index (Phi) is 2.57. The summed E-state index contributed by atoms with van der Waals surface area (Å²) in [5, 5.41) is 8.97. The van der Waals surface area contributed by atoms with Crippen LogP contribution in [0.5, 0.6) is 0 Å². The van der Waals surface area contributed by atoms with Crippen molar-refractivity contribution in [1.82, 2.24) is 0 Å². The van der Waals surface area contributed by atoms with E-state index >= 15 is 0 Å². The van der Waals surface area contributed by atoms with Crippen LogP contribution in [0.25, 0.3) is 11.3 Å². The van der Waals surface area contributed by atoms with Gasteiger partial charge in [-0.1, -0.05) is 11.6 Å². The number of carbonyl (C=O) groups is 1. The summed E-state index contributed by atoms with van der Waals surface area (Å²) >= 11 is 0. The molecule has 16 heavy (non-hydrogen) atoms. The average Bonchev–Trinajstić information content (AvgIpc) is 2.77. The minimum Gasteiger partial charge on any atom is -0.453 e. The summed E-state index contributed by atoms with van der Waals surface area (Å²) in [4.78, 5) is 10.5. The van der Waals surface area contributed by atoms with Gasteiger partial charge < -0.3 is 4.42 Å². The first-order valence-electron chi connectivity index (χ1n) is 4.80. The van der Waals surface area contributed by atoms with E-state index in [4.69, 9.17) is 9.68 Å². The molecule has 0 bridgehead atoms. The largest absolute Gasteiger partial charge is 0.453 e. The number of aldehydes is 1. The second kappa shape index (κ2) is 4.03. The quantitative estimate of drug-likeness (QED) is 0.717. The highest BCUT2D eigenvalue weighted by atomic mass is 16.3. The van der Waals surface area contributed by atoms with Crippen molar-refractivity contribution in [2.75, 3.05) is 0 Å². The van der Waals surface area contributed by atoms with Gasteiger partial charge in [0.2, 0.25) is 0 Å². The number of carbonyl (C=O) groups excluding carboxylic acids is 1. The summed E-state index contributed by atoms with van der Waals surface area (Å²) in [6.45, 7) is 1.94. The van der Waals surface area contributed by atoms with Gasteiger partial charge in [-0.25, -0.2) is 0 Å². The molecule has 0 atom stereocenters. The van der Waals surface area contributed by atoms with Crippen molar-refractivity contribution >= 4 is 6.29 Å². The van der Waals surface area contributed by atoms with E-state index in [0.717, 1.165) is 11.1 Å². The van der Waals surface area contributed by atoms with Gasteiger partial charge in [0.15, 0.2) is 12.0 Å². The summed E-state index contributed by atoms with van der Waals surface area (Å²) in [6.07, 6.45) is 0.644. The molecule has 0 fully saturated rings. The van der Waals surface area contributed by atoms with E-state index in [1.54, 1.807) is 18.2 Å². The van der Waals surface area contributed by atoms with Crippen molar-refractivity contribution in [2.24, 2.45) is 0 Å². The molecule has 2 rings (SSSR count). The number of rotatable bonds is 2. The maximum Gasteiger partial charge on any atom is 0.185 e. The molecule has 3 nitrogen and oxygen atoms in total. The molecule has 0 aliphatic rings. The van der Waals surface area contributed by atoms with Gasteiger partial charge in [0, 0.05) is 5.56 Å². The Morgan fingerprint density at radius 2 is 2.12 bits per heavy atom. The van der Waals surface area contributed by atoms with E-state index in [0.29, 0.717) is 17.6 Å². The van der Waals surface area contributed by atoms with Crippen LogP contribution in [0.1, 0.15) is 21.7 Å². The van der Waals surface area contributed by atoms with Crippen molar-refractivity contribution < 1.29 is 9.21 Å². The van der Waals surface area contributed by atoms with Crippen molar-refractivity contribution in [3.8, 4) is 17.4 Å². The summed E-state index contributed by atoms with van der Waals surface area (Å²) in [5.41, 5.74) is 2.30. The number of benzene rings is 1. The fourth-order valence-electron chi connectivity index (χ4n) is 1.52. The molecule has 1 aromatic carbocycles. The molecule has 2 aromatic rings. The lowest BCUT2D eigenvalue weighted by Crippen LogP contribution is -1.84. The van der Waals surface area contributed by atoms with Crippen LogP contribution in [-0.4, -0.2) is 6.29 Å². The van der Waals surface area contributed by atoms with Crippen molar-refractivity contribution in [3.63, 3.8) is 0 Å². The van der Waals surface area contributed by atoms with E-state index in [1.165, 1.54) is 0 Å². The van der Waals surface area contributed by atoms with Crippen LogP contribution in [0.15, 0.2) is 34.7 Å². The Labute approximate surface area is 92.9 Å². The number of hydrogen-bond donors (Lipinski definition) is 0. The lowest BCUT2D eigenvalue weighted by Gasteiger charge is -2.01. The molecule has 0 spiro atoms. The zero-order chi connectivity index (χ0) is 11.5. The minimum absolute atomic E-state index is 0.264. The molecule has 3 heteroatoms. The van der Waals surface area contributed by atoms with Crippen LogP contribution < -0.4 is 0 Å². The molecule has 0 amide bonds. The van der Waals surface area contributed by atoms with Crippen molar-refractivity contribution in [1.29, 1.82) is 5.26 Å². The smallest absolute Gasteiger partial charge is 0.185 e. The summed E-state index contributed by atoms with van der Waals surface area (Å²) in [5.74, 6) is 0.808. The van der Waals surface area contributed by atoms with E-state index < -0.39 is 0 Å². The summed E-state index contributed by atoms with van der Waals surface area (Å²) in [7, 11) is 0. The molecule has 0 saturated heterocycles. The van der Waals surface area contributed by atoms with Crippen LogP contribution >= 0.6 is 0 Å². The van der Waals surface area contributed by atoms with E-state index in [9.17, 15) is 4.79 Å². The number of aryl methyl sites for hydroxylation is 1. The Morgan fingerprint density at radius 1 is 1.31 bits per heavy atom. The van der Waals surface area contributed by atoms with Crippen LogP contribution in [0.4, 0.5) is 0 Å². The number of nitriles is 1. The van der Waals surface area contributed by atoms with Gasteiger partial charge >= 0.3 is 0 Å². The van der Waals surface area contributed by atoms with Gasteiger partial charge in [0.05, 0.1) is 11.6 Å². The zero-order valence-corrected chi connectivity index (χ0v) is 8.73. The molecule has 0 aliphatic carbocycles. The van der Waals surface area contributed by atoms with Crippen LogP contribution in [-0.2, 0) is 0 Å². The average molecular weight is 211 g/mol. The van der Waals surface area contributed by atoms with E-state index in [-0.39, 0.29) is 5.76 Å². The maximum atomic E-state index is 10.5. The molecule has 1 heterocycles. The lowest BCUT2D eigenvalue weighted by atomic mass is 10.0. The Morgan fingerprint density at radius 3 is 2.75 bits per heavy atom. The molecular weight excluding hydrogens is 202 g/mol. The number of nitrogens with zero attached hydrogens (tertiary/aromatic N) is 1. The van der Waals surface area contributed by atoms with Gasteiger partial charge in [-0.3, -0.25) is 4.79 Å². The Balaban J connectivity index is 2.58. The minimum atomic E-state index is 0.264. The monoisotopic (exact) mass is 211 g/mol. The van der Waals surface area contributed by atoms with Gasteiger partial charge in [-0.15, -0.1) is 0 Å². The fourth-order valence-corrected chi connectivity index (χ4v) is 1.52. The molecule has 0 N–H and O–H groups in total. The third-order valence-electron chi connectivity index (χ3n) is 2.30. The summed E-state index contributed by atoms with van der Waals surface area (Å²) in [6, 6.07) is 10.9. The van der Waals surface area contributed by atoms with Gasteiger partial charge in [0.25, 0.3) is 0 Å². The first-order valence-corrected chi connectivity index (χ1v) is 4.80. The molecule has 78 valence electrons. The van der Waals surface area contributed by atoms with Crippen molar-refractivity contribution in [2.45, 2.75) is 6.92 Å². The van der Waals surface area contributed by atoms with Crippen LogP contribution in [0, 0.1) is 18.3 Å². The molecule has 0 saturated carbocycles. The molecule has 0 aliphatic heterocycles. The first kappa shape index (κ1) is 10.2. The highest BCUT2D eigenvalue weighted by molar-refractivity contribution is 5.74. The highest BCUT2D eigenvalue weighted by Gasteiger charge is 2.09. The molecular formula is C13H9NO2. The molecule has 0 radical (unpaired) electrons. The predicted octanol–water partition coefficient (Wildman–Crippen LogP) is 2.94. The van der Waals surface area contributed by atoms with Crippen LogP contribution in [0.3, 0.4) is 0 Å². The summed E-state index contributed by atoms with van der Waals surface area (Å²) < 4.78 is 5.30. The van der Waals surface area contributed by atoms with Gasteiger partial charge in [0.1, 0.15) is 5.76 Å². The topological polar surface area (TPSA) is 54.0 Å².